The van der Waals surface area contributed by atoms with Crippen molar-refractivity contribution in [1.29, 1.82) is 0 Å². The van der Waals surface area contributed by atoms with E-state index in [9.17, 15) is 14.7 Å². The second-order valence-electron chi connectivity index (χ2n) is 5.85. The van der Waals surface area contributed by atoms with Crippen LogP contribution in [0.2, 0.25) is 0 Å². The zero-order valence-electron chi connectivity index (χ0n) is 15.5. The summed E-state index contributed by atoms with van der Waals surface area (Å²) in [5.41, 5.74) is 1.92. The molecule has 8 heteroatoms. The van der Waals surface area contributed by atoms with Gasteiger partial charge in [0.15, 0.2) is 0 Å². The summed E-state index contributed by atoms with van der Waals surface area (Å²) in [6, 6.07) is 12.4. The summed E-state index contributed by atoms with van der Waals surface area (Å²) in [6.07, 6.45) is 0.252. The molecule has 1 atom stereocenters. The van der Waals surface area contributed by atoms with E-state index < -0.39 is 25.0 Å². The van der Waals surface area contributed by atoms with Crippen molar-refractivity contribution in [1.82, 2.24) is 5.32 Å². The van der Waals surface area contributed by atoms with Crippen molar-refractivity contribution in [2.75, 3.05) is 21.3 Å². The van der Waals surface area contributed by atoms with Crippen LogP contribution in [0.5, 0.6) is 5.75 Å². The van der Waals surface area contributed by atoms with Gasteiger partial charge in [0.05, 0.1) is 7.11 Å². The molecule has 0 radical (unpaired) electrons. The molecule has 2 N–H and O–H groups in total. The second kappa shape index (κ2) is 9.75. The molecule has 0 fully saturated rings. The standard InChI is InChI=1S/C19H22BNO6/c1-25-19(24)17(21-18(23)14-5-4-6-16(22)12-14)11-13-7-9-15(10-8-13)20(26-2)27-3/h4-10,12,17,22H,11H2,1-3H3,(H,21,23)/t17-/m1/s1. The molecule has 27 heavy (non-hydrogen) atoms. The number of ether oxygens (including phenoxy) is 1. The second-order valence-corrected chi connectivity index (χ2v) is 5.85. The van der Waals surface area contributed by atoms with Crippen LogP contribution in [0.3, 0.4) is 0 Å². The fourth-order valence-electron chi connectivity index (χ4n) is 2.64. The number of phenols is 1. The van der Waals surface area contributed by atoms with Crippen molar-refractivity contribution in [2.45, 2.75) is 12.5 Å². The number of hydrogen-bond donors (Lipinski definition) is 2. The molecule has 2 aromatic rings. The predicted octanol–water partition coefficient (Wildman–Crippen LogP) is 0.894. The van der Waals surface area contributed by atoms with E-state index >= 15 is 0 Å². The lowest BCUT2D eigenvalue weighted by molar-refractivity contribution is -0.142. The number of rotatable bonds is 8. The molecule has 0 bridgehead atoms. The summed E-state index contributed by atoms with van der Waals surface area (Å²) in [5.74, 6) is -1.06. The maximum Gasteiger partial charge on any atom is 0.493 e. The van der Waals surface area contributed by atoms with Crippen molar-refractivity contribution in [3.8, 4) is 5.75 Å². The number of aromatic hydroxyl groups is 1. The van der Waals surface area contributed by atoms with E-state index in [1.807, 2.05) is 24.3 Å². The molecule has 0 aliphatic heterocycles. The average Bonchev–Trinajstić information content (AvgIpc) is 2.69. The van der Waals surface area contributed by atoms with E-state index in [0.717, 1.165) is 11.0 Å². The lowest BCUT2D eigenvalue weighted by Crippen LogP contribution is -2.43. The topological polar surface area (TPSA) is 94.1 Å². The highest BCUT2D eigenvalue weighted by Crippen LogP contribution is 2.12. The number of amides is 1. The molecule has 2 rings (SSSR count). The van der Waals surface area contributed by atoms with Gasteiger partial charge in [-0.1, -0.05) is 30.3 Å². The number of benzene rings is 2. The SMILES string of the molecule is COB(OC)c1ccc(C[C@@H](NC(=O)c2cccc(O)c2)C(=O)OC)cc1. The predicted molar refractivity (Wildman–Crippen MR) is 101 cm³/mol. The van der Waals surface area contributed by atoms with Crippen molar-refractivity contribution in [3.63, 3.8) is 0 Å². The summed E-state index contributed by atoms with van der Waals surface area (Å²) < 4.78 is 15.2. The minimum Gasteiger partial charge on any atom is -0.508 e. The molecule has 0 aliphatic rings. The van der Waals surface area contributed by atoms with Crippen LogP contribution in [-0.2, 0) is 25.3 Å². The van der Waals surface area contributed by atoms with Gasteiger partial charge < -0.3 is 24.5 Å². The molecular weight excluding hydrogens is 349 g/mol. The fraction of sp³-hybridized carbons (Fsp3) is 0.263. The van der Waals surface area contributed by atoms with Gasteiger partial charge >= 0.3 is 13.1 Å². The number of hydrogen-bond acceptors (Lipinski definition) is 6. The Morgan fingerprint density at radius 3 is 2.30 bits per heavy atom. The van der Waals surface area contributed by atoms with E-state index in [-0.39, 0.29) is 17.7 Å². The summed E-state index contributed by atoms with van der Waals surface area (Å²) in [4.78, 5) is 24.5. The fourth-order valence-corrected chi connectivity index (χ4v) is 2.64. The maximum atomic E-state index is 12.4. The largest absolute Gasteiger partial charge is 0.508 e. The number of carbonyl (C=O) groups is 2. The van der Waals surface area contributed by atoms with Gasteiger partial charge in [-0.15, -0.1) is 0 Å². The van der Waals surface area contributed by atoms with Gasteiger partial charge in [0.25, 0.3) is 5.91 Å². The summed E-state index contributed by atoms with van der Waals surface area (Å²) >= 11 is 0. The van der Waals surface area contributed by atoms with Gasteiger partial charge in [0, 0.05) is 26.2 Å². The van der Waals surface area contributed by atoms with Crippen molar-refractivity contribution < 1.29 is 28.7 Å². The van der Waals surface area contributed by atoms with Crippen LogP contribution in [0.25, 0.3) is 0 Å². The molecule has 1 amide bonds. The van der Waals surface area contributed by atoms with E-state index in [0.29, 0.717) is 0 Å². The Kier molecular flexibility index (Phi) is 7.39. The van der Waals surface area contributed by atoms with Crippen LogP contribution in [0.1, 0.15) is 15.9 Å². The van der Waals surface area contributed by atoms with Crippen LogP contribution in [0.4, 0.5) is 0 Å². The molecule has 0 aliphatic carbocycles. The quantitative estimate of drug-likeness (QED) is 0.529. The number of nitrogens with one attached hydrogen (secondary N) is 1. The highest BCUT2D eigenvalue weighted by atomic mass is 16.6. The first-order chi connectivity index (χ1) is 13.0. The minimum absolute atomic E-state index is 0.0290. The van der Waals surface area contributed by atoms with Crippen molar-refractivity contribution >= 4 is 24.5 Å². The van der Waals surface area contributed by atoms with Crippen LogP contribution in [0.15, 0.2) is 48.5 Å². The number of phenolic OH excluding ortho intramolecular Hbond substituents is 1. The molecule has 0 heterocycles. The first-order valence-electron chi connectivity index (χ1n) is 8.30. The zero-order valence-corrected chi connectivity index (χ0v) is 15.5. The monoisotopic (exact) mass is 371 g/mol. The number of methoxy groups -OCH3 is 1. The Bertz CT molecular complexity index is 776. The van der Waals surface area contributed by atoms with Gasteiger partial charge in [-0.3, -0.25) is 4.79 Å². The molecule has 0 saturated heterocycles. The Labute approximate surface area is 158 Å². The maximum absolute atomic E-state index is 12.4. The van der Waals surface area contributed by atoms with Crippen molar-refractivity contribution in [3.05, 3.63) is 59.7 Å². The lowest BCUT2D eigenvalue weighted by Gasteiger charge is -2.17. The first kappa shape index (κ1) is 20.5. The van der Waals surface area contributed by atoms with Gasteiger partial charge in [-0.2, -0.15) is 0 Å². The summed E-state index contributed by atoms with van der Waals surface area (Å²) in [7, 11) is 3.89. The van der Waals surface area contributed by atoms with Gasteiger partial charge in [0.1, 0.15) is 11.8 Å². The molecule has 0 spiro atoms. The lowest BCUT2D eigenvalue weighted by atomic mass is 9.78. The van der Waals surface area contributed by atoms with E-state index in [2.05, 4.69) is 5.32 Å². The number of carbonyl (C=O) groups excluding carboxylic acids is 2. The Balaban J connectivity index is 2.12. The van der Waals surface area contributed by atoms with Crippen LogP contribution in [0, 0.1) is 0 Å². The zero-order chi connectivity index (χ0) is 19.8. The molecule has 2 aromatic carbocycles. The van der Waals surface area contributed by atoms with Gasteiger partial charge in [-0.05, 0) is 29.2 Å². The van der Waals surface area contributed by atoms with Crippen LogP contribution < -0.4 is 10.8 Å². The van der Waals surface area contributed by atoms with E-state index in [1.54, 1.807) is 26.4 Å². The minimum atomic E-state index is -0.864. The third-order valence-electron chi connectivity index (χ3n) is 4.02. The highest BCUT2D eigenvalue weighted by Gasteiger charge is 2.23. The van der Waals surface area contributed by atoms with E-state index in [4.69, 9.17) is 14.0 Å². The molecule has 0 saturated carbocycles. The van der Waals surface area contributed by atoms with Crippen molar-refractivity contribution in [2.24, 2.45) is 0 Å². The summed E-state index contributed by atoms with van der Waals surface area (Å²) in [5, 5.41) is 12.2. The normalized spacial score (nSPS) is 11.5. The first-order valence-corrected chi connectivity index (χ1v) is 8.30. The molecule has 142 valence electrons. The molecule has 0 unspecified atom stereocenters. The Morgan fingerprint density at radius 2 is 1.74 bits per heavy atom. The molecule has 0 aromatic heterocycles. The summed E-state index contributed by atoms with van der Waals surface area (Å²) in [6.45, 7) is 0. The number of esters is 1. The highest BCUT2D eigenvalue weighted by molar-refractivity contribution is 6.61. The van der Waals surface area contributed by atoms with Crippen LogP contribution >= 0.6 is 0 Å². The Morgan fingerprint density at radius 1 is 1.07 bits per heavy atom. The Hall–Kier alpha value is -2.84. The van der Waals surface area contributed by atoms with Gasteiger partial charge in [0.2, 0.25) is 0 Å². The van der Waals surface area contributed by atoms with Crippen LogP contribution in [-0.4, -0.2) is 51.5 Å². The third-order valence-corrected chi connectivity index (χ3v) is 4.02. The molecular formula is C19H22BNO6. The third kappa shape index (κ3) is 5.57. The van der Waals surface area contributed by atoms with E-state index in [1.165, 1.54) is 19.2 Å². The smallest absolute Gasteiger partial charge is 0.493 e. The van der Waals surface area contributed by atoms with Gasteiger partial charge in [-0.25, -0.2) is 4.79 Å². The average molecular weight is 371 g/mol. The molecule has 7 nitrogen and oxygen atoms in total.